The fourth-order valence-corrected chi connectivity index (χ4v) is 2.30. The van der Waals surface area contributed by atoms with E-state index in [4.69, 9.17) is 15.9 Å². The molecule has 6 N–H and O–H groups in total. The van der Waals surface area contributed by atoms with Gasteiger partial charge in [0.05, 0.1) is 0 Å². The monoisotopic (exact) mass is 359 g/mol. The van der Waals surface area contributed by atoms with Gasteiger partial charge in [-0.1, -0.05) is 19.3 Å². The van der Waals surface area contributed by atoms with E-state index in [1.807, 2.05) is 0 Å². The van der Waals surface area contributed by atoms with Gasteiger partial charge in [-0.2, -0.15) is 0 Å². The molecule has 144 valence electrons. The normalized spacial score (nSPS) is 11.5. The highest BCUT2D eigenvalue weighted by Gasteiger charge is 2.18. The van der Waals surface area contributed by atoms with Crippen LogP contribution in [-0.2, 0) is 14.4 Å². The van der Waals surface area contributed by atoms with E-state index in [-0.39, 0.29) is 25.2 Å². The van der Waals surface area contributed by atoms with Crippen LogP contribution in [0.4, 0.5) is 4.79 Å². The van der Waals surface area contributed by atoms with Crippen molar-refractivity contribution in [2.75, 3.05) is 6.54 Å². The van der Waals surface area contributed by atoms with Crippen LogP contribution in [0.3, 0.4) is 0 Å². The number of primary amides is 1. The van der Waals surface area contributed by atoms with Gasteiger partial charge in [0.15, 0.2) is 0 Å². The van der Waals surface area contributed by atoms with E-state index < -0.39 is 24.0 Å². The second kappa shape index (κ2) is 14.1. The fraction of sp³-hybridized carbons (Fsp3) is 0.750. The molecule has 1 atom stereocenters. The fourth-order valence-electron chi connectivity index (χ4n) is 2.30. The molecule has 0 aliphatic carbocycles. The summed E-state index contributed by atoms with van der Waals surface area (Å²) in [6.07, 6.45) is 5.59. The molecule has 0 saturated carbocycles. The first-order chi connectivity index (χ1) is 11.8. The second-order valence-corrected chi connectivity index (χ2v) is 5.91. The molecule has 25 heavy (non-hydrogen) atoms. The van der Waals surface area contributed by atoms with E-state index >= 15 is 0 Å². The van der Waals surface area contributed by atoms with E-state index in [1.165, 1.54) is 0 Å². The van der Waals surface area contributed by atoms with Crippen molar-refractivity contribution in [3.05, 3.63) is 0 Å². The van der Waals surface area contributed by atoms with Gasteiger partial charge in [0.1, 0.15) is 6.04 Å². The molecule has 9 heteroatoms. The van der Waals surface area contributed by atoms with Gasteiger partial charge in [-0.25, -0.2) is 9.59 Å². The van der Waals surface area contributed by atoms with Crippen molar-refractivity contribution in [3.8, 4) is 0 Å². The Morgan fingerprint density at radius 2 is 1.44 bits per heavy atom. The third kappa shape index (κ3) is 15.0. The number of carboxylic acid groups (broad SMARTS) is 2. The minimum Gasteiger partial charge on any atom is -0.481 e. The second-order valence-electron chi connectivity index (χ2n) is 5.91. The number of carboxylic acids is 2. The smallest absolute Gasteiger partial charge is 0.326 e. The summed E-state index contributed by atoms with van der Waals surface area (Å²) in [5, 5.41) is 22.6. The van der Waals surface area contributed by atoms with Crippen molar-refractivity contribution < 1.29 is 29.4 Å². The van der Waals surface area contributed by atoms with Gasteiger partial charge < -0.3 is 26.6 Å². The zero-order valence-corrected chi connectivity index (χ0v) is 14.5. The summed E-state index contributed by atoms with van der Waals surface area (Å²) in [7, 11) is 0. The molecule has 0 unspecified atom stereocenters. The average molecular weight is 359 g/mol. The summed E-state index contributed by atoms with van der Waals surface area (Å²) in [4.78, 5) is 43.8. The third-order valence-electron chi connectivity index (χ3n) is 3.65. The molecule has 0 aliphatic heterocycles. The number of amides is 3. The predicted molar refractivity (Wildman–Crippen MR) is 91.0 cm³/mol. The molecule has 0 bridgehead atoms. The van der Waals surface area contributed by atoms with Gasteiger partial charge in [-0.05, 0) is 32.1 Å². The van der Waals surface area contributed by atoms with Crippen molar-refractivity contribution >= 4 is 23.9 Å². The van der Waals surface area contributed by atoms with E-state index in [0.29, 0.717) is 32.2 Å². The largest absolute Gasteiger partial charge is 0.481 e. The minimum absolute atomic E-state index is 0.162. The number of aliphatic carboxylic acids is 2. The first kappa shape index (κ1) is 22.7. The lowest BCUT2D eigenvalue weighted by Crippen LogP contribution is -2.40. The van der Waals surface area contributed by atoms with Gasteiger partial charge in [-0.3, -0.25) is 9.59 Å². The molecule has 0 spiro atoms. The highest BCUT2D eigenvalue weighted by molar-refractivity contribution is 5.83. The van der Waals surface area contributed by atoms with Crippen molar-refractivity contribution in [2.45, 2.75) is 70.3 Å². The number of unbranched alkanes of at least 4 members (excludes halogenated alkanes) is 5. The van der Waals surface area contributed by atoms with E-state index in [2.05, 4.69) is 10.6 Å². The first-order valence-electron chi connectivity index (χ1n) is 8.60. The quantitative estimate of drug-likeness (QED) is 0.276. The predicted octanol–water partition coefficient (Wildman–Crippen LogP) is 1.21. The molecule has 0 aromatic heterocycles. The standard InChI is InChI=1S/C16H29N3O6/c17-16(25)18-11-7-6-8-12(15(23)24)19-13(20)9-4-2-1-3-5-10-14(21)22/h12H,1-11H2,(H,19,20)(H,21,22)(H,23,24)(H3,17,18,25)/t12-/m0/s1. The average Bonchev–Trinajstić information content (AvgIpc) is 2.51. The van der Waals surface area contributed by atoms with E-state index in [0.717, 1.165) is 19.3 Å². The number of hydrogen-bond acceptors (Lipinski definition) is 4. The molecule has 0 aromatic rings. The van der Waals surface area contributed by atoms with Crippen molar-refractivity contribution in [3.63, 3.8) is 0 Å². The zero-order chi connectivity index (χ0) is 19.1. The number of nitrogens with two attached hydrogens (primary N) is 1. The van der Waals surface area contributed by atoms with Crippen LogP contribution in [0.1, 0.15) is 64.2 Å². The zero-order valence-electron chi connectivity index (χ0n) is 14.5. The molecule has 3 amide bonds. The molecule has 0 rings (SSSR count). The highest BCUT2D eigenvalue weighted by atomic mass is 16.4. The lowest BCUT2D eigenvalue weighted by atomic mass is 10.1. The van der Waals surface area contributed by atoms with Crippen molar-refractivity contribution in [1.82, 2.24) is 10.6 Å². The molecule has 0 radical (unpaired) electrons. The summed E-state index contributed by atoms with van der Waals surface area (Å²) in [5.41, 5.74) is 4.92. The lowest BCUT2D eigenvalue weighted by molar-refractivity contribution is -0.142. The van der Waals surface area contributed by atoms with Crippen LogP contribution >= 0.6 is 0 Å². The Bertz CT molecular complexity index is 442. The molecule has 9 nitrogen and oxygen atoms in total. The third-order valence-corrected chi connectivity index (χ3v) is 3.65. The van der Waals surface area contributed by atoms with Crippen LogP contribution in [0.2, 0.25) is 0 Å². The van der Waals surface area contributed by atoms with Crippen molar-refractivity contribution in [1.29, 1.82) is 0 Å². The maximum Gasteiger partial charge on any atom is 0.326 e. The number of rotatable bonds is 15. The van der Waals surface area contributed by atoms with Gasteiger partial charge >= 0.3 is 18.0 Å². The van der Waals surface area contributed by atoms with Crippen LogP contribution in [0.15, 0.2) is 0 Å². The number of nitrogens with one attached hydrogen (secondary N) is 2. The summed E-state index contributed by atoms with van der Waals surface area (Å²) < 4.78 is 0. The number of carbonyl (C=O) groups is 4. The van der Waals surface area contributed by atoms with Gasteiger partial charge in [0.25, 0.3) is 0 Å². The molecular weight excluding hydrogens is 330 g/mol. The summed E-state index contributed by atoms with van der Waals surface area (Å²) in [5.74, 6) is -2.18. The highest BCUT2D eigenvalue weighted by Crippen LogP contribution is 2.08. The van der Waals surface area contributed by atoms with E-state index in [9.17, 15) is 19.2 Å². The van der Waals surface area contributed by atoms with Gasteiger partial charge in [0.2, 0.25) is 5.91 Å². The topological polar surface area (TPSA) is 159 Å². The molecule has 0 aliphatic rings. The lowest BCUT2D eigenvalue weighted by Gasteiger charge is -2.14. The number of urea groups is 1. The Labute approximate surface area is 147 Å². The van der Waals surface area contributed by atoms with E-state index in [1.54, 1.807) is 0 Å². The molecule has 0 heterocycles. The Hall–Kier alpha value is -2.32. The number of carbonyl (C=O) groups excluding carboxylic acids is 2. The summed E-state index contributed by atoms with van der Waals surface area (Å²) in [6.45, 7) is 0.373. The van der Waals surface area contributed by atoms with Crippen LogP contribution in [0, 0.1) is 0 Å². The molecule has 0 aromatic carbocycles. The van der Waals surface area contributed by atoms with Crippen LogP contribution in [-0.4, -0.2) is 46.7 Å². The van der Waals surface area contributed by atoms with Crippen LogP contribution in [0.5, 0.6) is 0 Å². The SMILES string of the molecule is NC(=O)NCCCC[C@H](NC(=O)CCCCCCCC(=O)O)C(=O)O. The summed E-state index contributed by atoms with van der Waals surface area (Å²) >= 11 is 0. The Kier molecular flexibility index (Phi) is 12.8. The van der Waals surface area contributed by atoms with Crippen LogP contribution < -0.4 is 16.4 Å². The van der Waals surface area contributed by atoms with Gasteiger partial charge in [0, 0.05) is 19.4 Å². The minimum atomic E-state index is -1.08. The summed E-state index contributed by atoms with van der Waals surface area (Å²) in [6, 6.07) is -1.55. The Morgan fingerprint density at radius 1 is 0.840 bits per heavy atom. The first-order valence-corrected chi connectivity index (χ1v) is 8.60. The Morgan fingerprint density at radius 3 is 2.00 bits per heavy atom. The molecule has 0 fully saturated rings. The maximum absolute atomic E-state index is 11.8. The van der Waals surface area contributed by atoms with Crippen molar-refractivity contribution in [2.24, 2.45) is 5.73 Å². The number of hydrogen-bond donors (Lipinski definition) is 5. The molecular formula is C16H29N3O6. The van der Waals surface area contributed by atoms with Crippen LogP contribution in [0.25, 0.3) is 0 Å². The molecule has 0 saturated heterocycles. The van der Waals surface area contributed by atoms with Gasteiger partial charge in [-0.15, -0.1) is 0 Å². The maximum atomic E-state index is 11.8. The Balaban J connectivity index is 3.80.